The summed E-state index contributed by atoms with van der Waals surface area (Å²) in [6, 6.07) is 10.7. The van der Waals surface area contributed by atoms with Gasteiger partial charge in [0.25, 0.3) is 0 Å². The lowest BCUT2D eigenvalue weighted by Gasteiger charge is -2.34. The van der Waals surface area contributed by atoms with E-state index in [1.165, 1.54) is 10.8 Å². The van der Waals surface area contributed by atoms with Crippen LogP contribution in [0.5, 0.6) is 0 Å². The quantitative estimate of drug-likeness (QED) is 0.402. The highest BCUT2D eigenvalue weighted by Crippen LogP contribution is 2.32. The maximum Gasteiger partial charge on any atom is 0.123 e. The van der Waals surface area contributed by atoms with Crippen LogP contribution in [0.1, 0.15) is 34.1 Å². The fraction of sp³-hybridized carbons (Fsp3) is 0.526. The fourth-order valence-corrected chi connectivity index (χ4v) is 6.71. The predicted molar refractivity (Wildman–Crippen MR) is 95.7 cm³/mol. The summed E-state index contributed by atoms with van der Waals surface area (Å²) in [4.78, 5) is 11.4. The molecule has 0 aliphatic rings. The Bertz CT molecular complexity index is 474. The zero-order valence-electron chi connectivity index (χ0n) is 14.4. The molecule has 1 aromatic carbocycles. The molecular weight excluding hydrogens is 272 g/mol. The lowest BCUT2D eigenvalue weighted by atomic mass is 10.0. The van der Waals surface area contributed by atoms with E-state index < -0.39 is 8.07 Å². The molecule has 0 saturated heterocycles. The van der Waals surface area contributed by atoms with Gasteiger partial charge in [-0.15, -0.1) is 0 Å². The number of allylic oxidation sites excluding steroid dienone is 2. The normalized spacial score (nSPS) is 15.9. The van der Waals surface area contributed by atoms with Gasteiger partial charge in [-0.25, -0.2) is 0 Å². The molecule has 116 valence electrons. The highest BCUT2D eigenvalue weighted by molar-refractivity contribution is 6.91. The van der Waals surface area contributed by atoms with E-state index >= 15 is 0 Å². The third-order valence-electron chi connectivity index (χ3n) is 4.33. The minimum absolute atomic E-state index is 0.0778. The van der Waals surface area contributed by atoms with E-state index in [1.54, 1.807) is 0 Å². The highest BCUT2D eigenvalue weighted by Gasteiger charge is 2.35. The molecule has 2 atom stereocenters. The van der Waals surface area contributed by atoms with Crippen molar-refractivity contribution in [2.75, 3.05) is 0 Å². The lowest BCUT2D eigenvalue weighted by molar-refractivity contribution is -0.110. The molecule has 1 aromatic rings. The number of hydrogen-bond donors (Lipinski definition) is 0. The summed E-state index contributed by atoms with van der Waals surface area (Å²) in [5, 5.41) is 1.43. The highest BCUT2D eigenvalue weighted by atomic mass is 28.3. The molecule has 0 amide bonds. The molecule has 1 rings (SSSR count). The van der Waals surface area contributed by atoms with Crippen LogP contribution in [0, 0.1) is 11.8 Å². The monoisotopic (exact) mass is 302 g/mol. The molecule has 0 heterocycles. The van der Waals surface area contributed by atoms with Crippen molar-refractivity contribution in [3.63, 3.8) is 0 Å². The van der Waals surface area contributed by atoms with Crippen LogP contribution in [-0.4, -0.2) is 14.4 Å². The SMILES string of the molecule is C/C(=C\[C@@H]([C@@H](C)C=O)[Si](C)(C)c1ccccc1)CC(C)C. The summed E-state index contributed by atoms with van der Waals surface area (Å²) >= 11 is 0. The van der Waals surface area contributed by atoms with Crippen LogP contribution in [0.2, 0.25) is 18.6 Å². The van der Waals surface area contributed by atoms with Crippen LogP contribution < -0.4 is 5.19 Å². The summed E-state index contributed by atoms with van der Waals surface area (Å²) in [6.45, 7) is 13.5. The van der Waals surface area contributed by atoms with Crippen LogP contribution in [-0.2, 0) is 4.79 Å². The molecule has 0 saturated carbocycles. The Kier molecular flexibility index (Phi) is 6.60. The summed E-state index contributed by atoms with van der Waals surface area (Å²) in [7, 11) is -1.71. The molecule has 0 aliphatic heterocycles. The molecule has 0 radical (unpaired) electrons. The third-order valence-corrected chi connectivity index (χ3v) is 8.51. The first-order valence-corrected chi connectivity index (χ1v) is 11.0. The second-order valence-electron chi connectivity index (χ2n) is 7.22. The number of benzene rings is 1. The number of carbonyl (C=O) groups is 1. The molecule has 2 heteroatoms. The number of hydrogen-bond acceptors (Lipinski definition) is 1. The number of rotatable bonds is 7. The van der Waals surface area contributed by atoms with E-state index in [-0.39, 0.29) is 5.92 Å². The van der Waals surface area contributed by atoms with E-state index in [4.69, 9.17) is 0 Å². The largest absolute Gasteiger partial charge is 0.303 e. The lowest BCUT2D eigenvalue weighted by Crippen LogP contribution is -2.47. The standard InChI is InChI=1S/C19H30OSi/c1-15(2)12-16(3)13-19(17(4)14-20)21(5,6)18-10-8-7-9-11-18/h7-11,13-15,17,19H,12H2,1-6H3/b16-13+/t17-,19-/m0/s1. The number of carbonyl (C=O) groups excluding carboxylic acids is 1. The van der Waals surface area contributed by atoms with E-state index in [1.807, 2.05) is 0 Å². The zero-order chi connectivity index (χ0) is 16.0. The van der Waals surface area contributed by atoms with Crippen molar-refractivity contribution in [3.8, 4) is 0 Å². The van der Waals surface area contributed by atoms with Crippen LogP contribution in [0.3, 0.4) is 0 Å². The summed E-state index contributed by atoms with van der Waals surface area (Å²) in [5.41, 5.74) is 1.77. The summed E-state index contributed by atoms with van der Waals surface area (Å²) < 4.78 is 0. The van der Waals surface area contributed by atoms with Gasteiger partial charge in [0.05, 0.1) is 8.07 Å². The Balaban J connectivity index is 3.16. The Labute approximate surface area is 131 Å². The number of aldehydes is 1. The van der Waals surface area contributed by atoms with Crippen LogP contribution in [0.15, 0.2) is 42.0 Å². The average Bonchev–Trinajstić information content (AvgIpc) is 2.44. The summed E-state index contributed by atoms with van der Waals surface area (Å²) in [6.07, 6.45) is 4.63. The Morgan fingerprint density at radius 2 is 1.71 bits per heavy atom. The van der Waals surface area contributed by atoms with Crippen molar-refractivity contribution >= 4 is 19.5 Å². The first-order valence-electron chi connectivity index (χ1n) is 7.97. The maximum atomic E-state index is 11.4. The smallest absolute Gasteiger partial charge is 0.123 e. The Morgan fingerprint density at radius 1 is 1.14 bits per heavy atom. The minimum Gasteiger partial charge on any atom is -0.303 e. The molecule has 0 aliphatic carbocycles. The van der Waals surface area contributed by atoms with Gasteiger partial charge in [-0.3, -0.25) is 0 Å². The zero-order valence-corrected chi connectivity index (χ0v) is 15.4. The molecule has 0 fully saturated rings. The molecular formula is C19H30OSi. The van der Waals surface area contributed by atoms with Gasteiger partial charge in [-0.05, 0) is 24.8 Å². The van der Waals surface area contributed by atoms with Gasteiger partial charge in [0.15, 0.2) is 0 Å². The molecule has 21 heavy (non-hydrogen) atoms. The van der Waals surface area contributed by atoms with Gasteiger partial charge >= 0.3 is 0 Å². The van der Waals surface area contributed by atoms with E-state index in [0.717, 1.165) is 12.7 Å². The van der Waals surface area contributed by atoms with Crippen molar-refractivity contribution in [1.29, 1.82) is 0 Å². The molecule has 0 spiro atoms. The molecule has 0 N–H and O–H groups in total. The van der Waals surface area contributed by atoms with Gasteiger partial charge < -0.3 is 4.79 Å². The van der Waals surface area contributed by atoms with E-state index in [0.29, 0.717) is 11.5 Å². The van der Waals surface area contributed by atoms with Gasteiger partial charge in [0.2, 0.25) is 0 Å². The van der Waals surface area contributed by atoms with Crippen LogP contribution >= 0.6 is 0 Å². The minimum atomic E-state index is -1.71. The van der Waals surface area contributed by atoms with Gasteiger partial charge in [0.1, 0.15) is 6.29 Å². The second-order valence-corrected chi connectivity index (χ2v) is 11.9. The maximum absolute atomic E-state index is 11.4. The van der Waals surface area contributed by atoms with Gasteiger partial charge in [-0.2, -0.15) is 0 Å². The Morgan fingerprint density at radius 3 is 2.19 bits per heavy atom. The molecule has 1 nitrogen and oxygen atoms in total. The second kappa shape index (κ2) is 7.74. The van der Waals surface area contributed by atoms with Crippen LogP contribution in [0.25, 0.3) is 0 Å². The molecule has 0 aromatic heterocycles. The first-order chi connectivity index (χ1) is 9.78. The molecule has 0 unspecified atom stereocenters. The van der Waals surface area contributed by atoms with Crippen molar-refractivity contribution in [2.24, 2.45) is 11.8 Å². The van der Waals surface area contributed by atoms with Gasteiger partial charge in [0, 0.05) is 5.92 Å². The van der Waals surface area contributed by atoms with Crippen LogP contribution in [0.4, 0.5) is 0 Å². The molecule has 0 bridgehead atoms. The predicted octanol–water partition coefficient (Wildman–Crippen LogP) is 4.80. The fourth-order valence-electron chi connectivity index (χ4n) is 3.18. The Hall–Kier alpha value is -1.15. The first kappa shape index (κ1) is 17.9. The average molecular weight is 303 g/mol. The van der Waals surface area contributed by atoms with Gasteiger partial charge in [-0.1, -0.05) is 81.0 Å². The van der Waals surface area contributed by atoms with Crippen molar-refractivity contribution in [2.45, 2.75) is 52.8 Å². The third kappa shape index (κ3) is 4.96. The van der Waals surface area contributed by atoms with Crippen molar-refractivity contribution < 1.29 is 4.79 Å². The van der Waals surface area contributed by atoms with E-state index in [2.05, 4.69) is 77.2 Å². The van der Waals surface area contributed by atoms with E-state index in [9.17, 15) is 4.79 Å². The van der Waals surface area contributed by atoms with Crippen molar-refractivity contribution in [3.05, 3.63) is 42.0 Å². The topological polar surface area (TPSA) is 17.1 Å². The summed E-state index contributed by atoms with van der Waals surface area (Å²) in [5.74, 6) is 0.740. The van der Waals surface area contributed by atoms with Crippen molar-refractivity contribution in [1.82, 2.24) is 0 Å².